The Morgan fingerprint density at radius 3 is 2.60 bits per heavy atom. The maximum absolute atomic E-state index is 11.8. The van der Waals surface area contributed by atoms with Crippen molar-refractivity contribution in [3.05, 3.63) is 0 Å². The van der Waals surface area contributed by atoms with Crippen molar-refractivity contribution in [2.45, 2.75) is 32.2 Å². The molecule has 0 aromatic rings. The van der Waals surface area contributed by atoms with Crippen LogP contribution in [0.1, 0.15) is 26.2 Å². The number of hydrogen-bond acceptors (Lipinski definition) is 2. The van der Waals surface area contributed by atoms with Gasteiger partial charge in [0, 0.05) is 19.1 Å². The minimum atomic E-state index is 0.0812. The molecule has 0 aromatic heterocycles. The zero-order chi connectivity index (χ0) is 10.7. The fourth-order valence-corrected chi connectivity index (χ4v) is 2.11. The van der Waals surface area contributed by atoms with Crippen LogP contribution in [-0.2, 0) is 4.74 Å². The van der Waals surface area contributed by atoms with Gasteiger partial charge in [0.25, 0.3) is 0 Å². The van der Waals surface area contributed by atoms with Crippen LogP contribution < -0.4 is 5.32 Å². The van der Waals surface area contributed by atoms with Gasteiger partial charge in [-0.05, 0) is 25.7 Å². The number of carbonyl (C=O) groups excluding carboxylic acids is 1. The van der Waals surface area contributed by atoms with Gasteiger partial charge < -0.3 is 15.0 Å². The molecule has 1 aliphatic carbocycles. The van der Waals surface area contributed by atoms with Gasteiger partial charge >= 0.3 is 6.03 Å². The average molecular weight is 212 g/mol. The van der Waals surface area contributed by atoms with E-state index in [1.54, 1.807) is 0 Å². The molecule has 4 nitrogen and oxygen atoms in total. The Kier molecular flexibility index (Phi) is 3.46. The van der Waals surface area contributed by atoms with Gasteiger partial charge in [-0.25, -0.2) is 4.79 Å². The molecule has 0 aromatic carbocycles. The van der Waals surface area contributed by atoms with Crippen LogP contribution in [0.5, 0.6) is 0 Å². The van der Waals surface area contributed by atoms with Gasteiger partial charge in [0.1, 0.15) is 0 Å². The monoisotopic (exact) mass is 212 g/mol. The number of rotatable bonds is 2. The van der Waals surface area contributed by atoms with E-state index in [4.69, 9.17) is 4.74 Å². The van der Waals surface area contributed by atoms with Crippen LogP contribution in [0.2, 0.25) is 0 Å². The van der Waals surface area contributed by atoms with Crippen molar-refractivity contribution in [3.8, 4) is 0 Å². The molecule has 15 heavy (non-hydrogen) atoms. The fraction of sp³-hybridized carbons (Fsp3) is 0.909. The minimum absolute atomic E-state index is 0.0812. The van der Waals surface area contributed by atoms with Crippen LogP contribution in [-0.4, -0.2) is 43.3 Å². The van der Waals surface area contributed by atoms with Crippen molar-refractivity contribution >= 4 is 6.03 Å². The second-order valence-electron chi connectivity index (χ2n) is 4.53. The van der Waals surface area contributed by atoms with E-state index in [1.165, 1.54) is 19.3 Å². The van der Waals surface area contributed by atoms with Crippen molar-refractivity contribution < 1.29 is 9.53 Å². The Labute approximate surface area is 91.0 Å². The quantitative estimate of drug-likeness (QED) is 0.747. The van der Waals surface area contributed by atoms with Gasteiger partial charge in [-0.15, -0.1) is 0 Å². The summed E-state index contributed by atoms with van der Waals surface area (Å²) < 4.78 is 5.21. The molecule has 0 spiro atoms. The molecule has 1 heterocycles. The molecule has 1 aliphatic heterocycles. The number of morpholine rings is 1. The number of carbonyl (C=O) groups is 1. The second-order valence-corrected chi connectivity index (χ2v) is 4.53. The number of hydrogen-bond donors (Lipinski definition) is 1. The molecule has 86 valence electrons. The Bertz CT molecular complexity index is 223. The van der Waals surface area contributed by atoms with E-state index >= 15 is 0 Å². The van der Waals surface area contributed by atoms with E-state index < -0.39 is 0 Å². The molecule has 1 unspecified atom stereocenters. The van der Waals surface area contributed by atoms with Crippen LogP contribution in [0.4, 0.5) is 4.79 Å². The second kappa shape index (κ2) is 4.84. The summed E-state index contributed by atoms with van der Waals surface area (Å²) in [6, 6.07) is 0.409. The molecule has 2 fully saturated rings. The molecule has 0 bridgehead atoms. The molecule has 1 N–H and O–H groups in total. The molecule has 1 saturated carbocycles. The lowest BCUT2D eigenvalue weighted by Crippen LogP contribution is -2.50. The van der Waals surface area contributed by atoms with Gasteiger partial charge in [0.05, 0.1) is 13.2 Å². The smallest absolute Gasteiger partial charge is 0.317 e. The molecular formula is C11H20N2O2. The van der Waals surface area contributed by atoms with E-state index in [2.05, 4.69) is 12.2 Å². The number of amides is 2. The lowest BCUT2D eigenvalue weighted by atomic mass is 9.80. The van der Waals surface area contributed by atoms with Crippen LogP contribution in [0.3, 0.4) is 0 Å². The molecule has 2 amide bonds. The molecule has 0 radical (unpaired) electrons. The van der Waals surface area contributed by atoms with Crippen LogP contribution >= 0.6 is 0 Å². The van der Waals surface area contributed by atoms with E-state index in [0.29, 0.717) is 25.2 Å². The van der Waals surface area contributed by atoms with Crippen molar-refractivity contribution in [2.75, 3.05) is 26.3 Å². The lowest BCUT2D eigenvalue weighted by molar-refractivity contribution is 0.0515. The van der Waals surface area contributed by atoms with Crippen molar-refractivity contribution in [3.63, 3.8) is 0 Å². The number of nitrogens with zero attached hydrogens (tertiary/aromatic N) is 1. The SMILES string of the molecule is CC(NC(=O)N1CCOCC1)C1CCC1. The Morgan fingerprint density at radius 2 is 2.07 bits per heavy atom. The fourth-order valence-electron chi connectivity index (χ4n) is 2.11. The summed E-state index contributed by atoms with van der Waals surface area (Å²) in [5, 5.41) is 3.08. The van der Waals surface area contributed by atoms with E-state index in [0.717, 1.165) is 13.1 Å². The minimum Gasteiger partial charge on any atom is -0.378 e. The molecular weight excluding hydrogens is 192 g/mol. The molecule has 1 saturated heterocycles. The third-order valence-corrected chi connectivity index (χ3v) is 3.51. The Balaban J connectivity index is 1.74. The first-order valence-electron chi connectivity index (χ1n) is 5.90. The summed E-state index contributed by atoms with van der Waals surface area (Å²) >= 11 is 0. The predicted molar refractivity (Wildman–Crippen MR) is 57.7 cm³/mol. The normalized spacial score (nSPS) is 24.5. The first kappa shape index (κ1) is 10.7. The van der Waals surface area contributed by atoms with Crippen molar-refractivity contribution in [1.29, 1.82) is 0 Å². The highest BCUT2D eigenvalue weighted by Gasteiger charge is 2.26. The number of urea groups is 1. The highest BCUT2D eigenvalue weighted by Crippen LogP contribution is 2.29. The predicted octanol–water partition coefficient (Wildman–Crippen LogP) is 1.22. The number of nitrogens with one attached hydrogen (secondary N) is 1. The first-order valence-corrected chi connectivity index (χ1v) is 5.90. The summed E-state index contributed by atoms with van der Waals surface area (Å²) in [6.45, 7) is 4.91. The Hall–Kier alpha value is -0.770. The zero-order valence-electron chi connectivity index (χ0n) is 9.37. The van der Waals surface area contributed by atoms with E-state index in [9.17, 15) is 4.79 Å². The highest BCUT2D eigenvalue weighted by molar-refractivity contribution is 5.74. The average Bonchev–Trinajstić information content (AvgIpc) is 2.16. The summed E-state index contributed by atoms with van der Waals surface area (Å²) in [6.07, 6.45) is 3.86. The summed E-state index contributed by atoms with van der Waals surface area (Å²) in [5.74, 6) is 0.704. The Morgan fingerprint density at radius 1 is 1.40 bits per heavy atom. The van der Waals surface area contributed by atoms with Gasteiger partial charge in [-0.1, -0.05) is 6.42 Å². The standard InChI is InChI=1S/C11H20N2O2/c1-9(10-3-2-4-10)12-11(14)13-5-7-15-8-6-13/h9-10H,2-8H2,1H3,(H,12,14). The van der Waals surface area contributed by atoms with Crippen molar-refractivity contribution in [2.24, 2.45) is 5.92 Å². The zero-order valence-corrected chi connectivity index (χ0v) is 9.37. The first-order chi connectivity index (χ1) is 7.27. The van der Waals surface area contributed by atoms with Crippen LogP contribution in [0.25, 0.3) is 0 Å². The van der Waals surface area contributed by atoms with Crippen LogP contribution in [0.15, 0.2) is 0 Å². The van der Waals surface area contributed by atoms with Gasteiger partial charge in [-0.3, -0.25) is 0 Å². The third-order valence-electron chi connectivity index (χ3n) is 3.51. The molecule has 1 atom stereocenters. The van der Waals surface area contributed by atoms with Crippen molar-refractivity contribution in [1.82, 2.24) is 10.2 Å². The number of ether oxygens (including phenoxy) is 1. The maximum atomic E-state index is 11.8. The summed E-state index contributed by atoms with van der Waals surface area (Å²) in [4.78, 5) is 13.7. The van der Waals surface area contributed by atoms with Gasteiger partial charge in [-0.2, -0.15) is 0 Å². The van der Waals surface area contributed by atoms with Gasteiger partial charge in [0.15, 0.2) is 0 Å². The third kappa shape index (κ3) is 2.62. The lowest BCUT2D eigenvalue weighted by Gasteiger charge is -2.34. The summed E-state index contributed by atoms with van der Waals surface area (Å²) in [7, 11) is 0. The van der Waals surface area contributed by atoms with Gasteiger partial charge in [0.2, 0.25) is 0 Å². The molecule has 2 aliphatic rings. The van der Waals surface area contributed by atoms with Crippen LogP contribution in [0, 0.1) is 5.92 Å². The maximum Gasteiger partial charge on any atom is 0.317 e. The topological polar surface area (TPSA) is 41.6 Å². The largest absolute Gasteiger partial charge is 0.378 e. The highest BCUT2D eigenvalue weighted by atomic mass is 16.5. The molecule has 2 rings (SSSR count). The molecule has 4 heteroatoms. The summed E-state index contributed by atoms with van der Waals surface area (Å²) in [5.41, 5.74) is 0. The van der Waals surface area contributed by atoms with E-state index in [-0.39, 0.29) is 6.03 Å². The van der Waals surface area contributed by atoms with E-state index in [1.807, 2.05) is 4.90 Å².